The maximum absolute atomic E-state index is 13.0. The van der Waals surface area contributed by atoms with E-state index in [1.807, 2.05) is 6.92 Å². The van der Waals surface area contributed by atoms with Crippen LogP contribution in [0.15, 0.2) is 18.2 Å². The lowest BCUT2D eigenvalue weighted by Crippen LogP contribution is -2.35. The number of benzene rings is 1. The summed E-state index contributed by atoms with van der Waals surface area (Å²) in [6.07, 6.45) is 2.40. The van der Waals surface area contributed by atoms with Gasteiger partial charge in [0, 0.05) is 24.2 Å². The fraction of sp³-hybridized carbons (Fsp3) is 0.600. The molecule has 0 saturated carbocycles. The molecule has 1 saturated heterocycles. The molecule has 4 heteroatoms. The Bertz CT molecular complexity index is 419. The molecule has 0 bridgehead atoms. The lowest BCUT2D eigenvalue weighted by Gasteiger charge is -2.31. The van der Waals surface area contributed by atoms with E-state index in [1.54, 1.807) is 6.07 Å². The van der Waals surface area contributed by atoms with Crippen LogP contribution < -0.4 is 5.32 Å². The summed E-state index contributed by atoms with van der Waals surface area (Å²) in [4.78, 5) is 2.24. The van der Waals surface area contributed by atoms with Crippen molar-refractivity contribution in [2.75, 3.05) is 26.7 Å². The number of piperidine rings is 1. The number of nitrogens with zero attached hydrogens (tertiary/aromatic N) is 1. The predicted molar refractivity (Wildman–Crippen MR) is 74.7 cm³/mol. The van der Waals surface area contributed by atoms with Crippen LogP contribution >= 0.6 is 0 Å². The molecular formula is C15H23FN2O. The second-order valence-electron chi connectivity index (χ2n) is 5.51. The van der Waals surface area contributed by atoms with Crippen molar-refractivity contribution in [3.8, 4) is 5.75 Å². The van der Waals surface area contributed by atoms with Gasteiger partial charge in [0.15, 0.2) is 0 Å². The van der Waals surface area contributed by atoms with Crippen LogP contribution in [0.5, 0.6) is 5.75 Å². The third kappa shape index (κ3) is 3.67. The van der Waals surface area contributed by atoms with E-state index in [-0.39, 0.29) is 11.8 Å². The van der Waals surface area contributed by atoms with Gasteiger partial charge in [-0.2, -0.15) is 0 Å². The van der Waals surface area contributed by atoms with Crippen molar-refractivity contribution in [2.24, 2.45) is 5.92 Å². The third-order valence-corrected chi connectivity index (χ3v) is 4.11. The molecular weight excluding hydrogens is 243 g/mol. The maximum atomic E-state index is 13.0. The molecule has 19 heavy (non-hydrogen) atoms. The summed E-state index contributed by atoms with van der Waals surface area (Å²) in [5.41, 5.74) is 0.790. The Morgan fingerprint density at radius 3 is 2.74 bits per heavy atom. The third-order valence-electron chi connectivity index (χ3n) is 4.11. The number of hydrogen-bond donors (Lipinski definition) is 2. The molecule has 1 unspecified atom stereocenters. The van der Waals surface area contributed by atoms with Crippen molar-refractivity contribution in [3.05, 3.63) is 29.6 Å². The van der Waals surface area contributed by atoms with Crippen LogP contribution in [0.25, 0.3) is 0 Å². The monoisotopic (exact) mass is 266 g/mol. The molecule has 0 aliphatic carbocycles. The van der Waals surface area contributed by atoms with Crippen LogP contribution in [0, 0.1) is 11.7 Å². The van der Waals surface area contributed by atoms with Gasteiger partial charge < -0.3 is 10.4 Å². The van der Waals surface area contributed by atoms with Crippen molar-refractivity contribution in [1.82, 2.24) is 10.2 Å². The number of hydrogen-bond acceptors (Lipinski definition) is 3. The molecule has 0 radical (unpaired) electrons. The molecule has 1 heterocycles. The first-order valence-corrected chi connectivity index (χ1v) is 6.97. The Kier molecular flexibility index (Phi) is 4.77. The van der Waals surface area contributed by atoms with Crippen molar-refractivity contribution >= 4 is 0 Å². The Balaban J connectivity index is 1.99. The smallest absolute Gasteiger partial charge is 0.126 e. The lowest BCUT2D eigenvalue weighted by molar-refractivity contribution is 0.194. The van der Waals surface area contributed by atoms with Crippen LogP contribution in [-0.4, -0.2) is 36.7 Å². The van der Waals surface area contributed by atoms with Gasteiger partial charge in [0.2, 0.25) is 0 Å². The topological polar surface area (TPSA) is 35.5 Å². The standard InChI is InChI=1S/C15H23FN2O/c1-11(14-4-3-13(16)9-15(14)19)18(2)10-12-5-7-17-8-6-12/h3-4,9,11-12,17,19H,5-8,10H2,1-2H3. The first-order chi connectivity index (χ1) is 9.08. The number of phenols is 1. The molecule has 1 aromatic rings. The van der Waals surface area contributed by atoms with Gasteiger partial charge in [-0.15, -0.1) is 0 Å². The average molecular weight is 266 g/mol. The van der Waals surface area contributed by atoms with Gasteiger partial charge in [0.25, 0.3) is 0 Å². The van der Waals surface area contributed by atoms with E-state index in [0.29, 0.717) is 5.92 Å². The second kappa shape index (κ2) is 6.35. The zero-order chi connectivity index (χ0) is 13.8. The molecule has 0 amide bonds. The highest BCUT2D eigenvalue weighted by Gasteiger charge is 2.20. The minimum atomic E-state index is -0.394. The number of halogens is 1. The molecule has 106 valence electrons. The average Bonchev–Trinajstić information content (AvgIpc) is 2.39. The van der Waals surface area contributed by atoms with Crippen LogP contribution in [0.2, 0.25) is 0 Å². The summed E-state index contributed by atoms with van der Waals surface area (Å²) in [5, 5.41) is 13.2. The summed E-state index contributed by atoms with van der Waals surface area (Å²) < 4.78 is 13.0. The summed E-state index contributed by atoms with van der Waals surface area (Å²) >= 11 is 0. The molecule has 0 spiro atoms. The fourth-order valence-electron chi connectivity index (χ4n) is 2.74. The maximum Gasteiger partial charge on any atom is 0.126 e. The van der Waals surface area contributed by atoms with Gasteiger partial charge in [-0.25, -0.2) is 4.39 Å². The molecule has 1 atom stereocenters. The van der Waals surface area contributed by atoms with Gasteiger partial charge >= 0.3 is 0 Å². The number of rotatable bonds is 4. The Morgan fingerprint density at radius 1 is 1.42 bits per heavy atom. The molecule has 3 nitrogen and oxygen atoms in total. The number of phenolic OH excluding ortho intramolecular Hbond substituents is 1. The minimum Gasteiger partial charge on any atom is -0.508 e. The van der Waals surface area contributed by atoms with Crippen LogP contribution in [0.1, 0.15) is 31.4 Å². The van der Waals surface area contributed by atoms with Crippen LogP contribution in [0.3, 0.4) is 0 Å². The van der Waals surface area contributed by atoms with E-state index < -0.39 is 5.82 Å². The van der Waals surface area contributed by atoms with Gasteiger partial charge in [0.1, 0.15) is 11.6 Å². The Hall–Kier alpha value is -1.13. The van der Waals surface area contributed by atoms with E-state index in [1.165, 1.54) is 25.0 Å². The van der Waals surface area contributed by atoms with E-state index in [2.05, 4.69) is 17.3 Å². The lowest BCUT2D eigenvalue weighted by atomic mass is 9.96. The molecule has 1 aliphatic heterocycles. The van der Waals surface area contributed by atoms with E-state index in [4.69, 9.17) is 0 Å². The fourth-order valence-corrected chi connectivity index (χ4v) is 2.74. The second-order valence-corrected chi connectivity index (χ2v) is 5.51. The van der Waals surface area contributed by atoms with E-state index in [0.717, 1.165) is 25.2 Å². The van der Waals surface area contributed by atoms with Gasteiger partial charge in [-0.1, -0.05) is 6.07 Å². The molecule has 2 N–H and O–H groups in total. The first kappa shape index (κ1) is 14.3. The highest BCUT2D eigenvalue weighted by molar-refractivity contribution is 5.34. The molecule has 1 aliphatic rings. The zero-order valence-corrected chi connectivity index (χ0v) is 11.7. The van der Waals surface area contributed by atoms with Gasteiger partial charge in [-0.05, 0) is 51.9 Å². The van der Waals surface area contributed by atoms with E-state index >= 15 is 0 Å². The SMILES string of the molecule is CC(c1ccc(F)cc1O)N(C)CC1CCNCC1. The zero-order valence-electron chi connectivity index (χ0n) is 11.7. The normalized spacial score (nSPS) is 18.7. The summed E-state index contributed by atoms with van der Waals surface area (Å²) in [7, 11) is 2.06. The number of nitrogens with one attached hydrogen (secondary N) is 1. The van der Waals surface area contributed by atoms with Gasteiger partial charge in [-0.3, -0.25) is 4.90 Å². The Morgan fingerprint density at radius 2 is 2.11 bits per heavy atom. The Labute approximate surface area is 114 Å². The first-order valence-electron chi connectivity index (χ1n) is 6.97. The largest absolute Gasteiger partial charge is 0.508 e. The predicted octanol–water partition coefficient (Wildman–Crippen LogP) is 2.52. The minimum absolute atomic E-state index is 0.0460. The van der Waals surface area contributed by atoms with Crippen molar-refractivity contribution < 1.29 is 9.50 Å². The summed E-state index contributed by atoms with van der Waals surface area (Å²) in [6, 6.07) is 4.36. The van der Waals surface area contributed by atoms with Crippen molar-refractivity contribution in [2.45, 2.75) is 25.8 Å². The van der Waals surface area contributed by atoms with Crippen molar-refractivity contribution in [1.29, 1.82) is 0 Å². The highest BCUT2D eigenvalue weighted by Crippen LogP contribution is 2.29. The quantitative estimate of drug-likeness (QED) is 0.879. The van der Waals surface area contributed by atoms with Crippen LogP contribution in [0.4, 0.5) is 4.39 Å². The molecule has 1 fully saturated rings. The highest BCUT2D eigenvalue weighted by atomic mass is 19.1. The molecule has 0 aromatic heterocycles. The summed E-state index contributed by atoms with van der Waals surface area (Å²) in [5.74, 6) is 0.357. The molecule has 2 rings (SSSR count). The van der Waals surface area contributed by atoms with Crippen LogP contribution in [-0.2, 0) is 0 Å². The van der Waals surface area contributed by atoms with E-state index in [9.17, 15) is 9.50 Å². The van der Waals surface area contributed by atoms with Gasteiger partial charge in [0.05, 0.1) is 0 Å². The molecule has 1 aromatic carbocycles. The van der Waals surface area contributed by atoms with Crippen molar-refractivity contribution in [3.63, 3.8) is 0 Å². The summed E-state index contributed by atoms with van der Waals surface area (Å²) in [6.45, 7) is 5.25. The number of aromatic hydroxyl groups is 1.